The summed E-state index contributed by atoms with van der Waals surface area (Å²) in [6, 6.07) is 9.18. The Kier molecular flexibility index (Phi) is 4.76. The topological polar surface area (TPSA) is 44.9 Å². The molecule has 5 aromatic heterocycles. The number of nitrogens with zero attached hydrogens (tertiary/aromatic N) is 4. The van der Waals surface area contributed by atoms with Gasteiger partial charge in [-0.05, 0) is 66.4 Å². The van der Waals surface area contributed by atoms with Crippen molar-refractivity contribution in [1.82, 2.24) is 19.1 Å². The average molecular weight is 911 g/mol. The third-order valence-corrected chi connectivity index (χ3v) is 11.2. The van der Waals surface area contributed by atoms with E-state index in [0.29, 0.717) is 38.9 Å². The molecule has 1 aliphatic rings. The molecule has 1 aliphatic heterocycles. The van der Waals surface area contributed by atoms with E-state index in [1.165, 1.54) is 0 Å². The third-order valence-electron chi connectivity index (χ3n) is 10.2. The molecule has 0 N–H and O–H groups in total. The Hall–Kier alpha value is -5.29. The number of pyridine rings is 2. The predicted octanol–water partition coefficient (Wildman–Crippen LogP) is 12.4. The Morgan fingerprint density at radius 3 is 2.37 bits per heavy atom. The minimum atomic E-state index is -1.14. The van der Waals surface area contributed by atoms with Gasteiger partial charge >= 0.3 is 21.1 Å². The van der Waals surface area contributed by atoms with E-state index in [9.17, 15) is 8.22 Å². The summed E-state index contributed by atoms with van der Waals surface area (Å²) in [7, 11) is 0. The van der Waals surface area contributed by atoms with Crippen molar-refractivity contribution < 1.29 is 43.6 Å². The molecule has 0 fully saturated rings. The van der Waals surface area contributed by atoms with Gasteiger partial charge in [0.25, 0.3) is 0 Å². The summed E-state index contributed by atoms with van der Waals surface area (Å²) in [5.74, 6) is -0.338. The SMILES string of the molecule is [2H]c1c(Oc2[c-]c3c(c([2H])c2[2H])c2c([2H])c([2H])c4sc5c([2H])c([2H])c([2H])c([2H])c5c4c2n3-c2cc(C(C)(C)C)ccn2)[c-]c2c(c1[2H])C(C)(C)c1c([2H])c([2H])c([2H])c3c4cccnc4n-2c13.[Pt+2]. The predicted molar refractivity (Wildman–Crippen MR) is 219 cm³/mol. The fourth-order valence-electron chi connectivity index (χ4n) is 7.61. The molecule has 54 heavy (non-hydrogen) atoms. The fraction of sp³-hybridized carbons (Fsp3) is 0.149. The molecule has 10 aromatic rings. The summed E-state index contributed by atoms with van der Waals surface area (Å²) in [6.07, 6.45) is 3.18. The molecule has 5 nitrogen and oxygen atoms in total. The zero-order chi connectivity index (χ0) is 47.1. The zero-order valence-corrected chi connectivity index (χ0v) is 32.5. The smallest absolute Gasteiger partial charge is 0.509 e. The Morgan fingerprint density at radius 2 is 1.50 bits per heavy atom. The van der Waals surface area contributed by atoms with Crippen LogP contribution in [-0.2, 0) is 31.9 Å². The number of para-hydroxylation sites is 1. The number of ether oxygens (including phenoxy) is 1. The molecule has 6 heterocycles. The largest absolute Gasteiger partial charge is 2.00 e. The van der Waals surface area contributed by atoms with Gasteiger partial charge in [-0.15, -0.1) is 46.5 Å². The number of fused-ring (bicyclic) bond motifs is 12. The second kappa shape index (κ2) is 11.6. The van der Waals surface area contributed by atoms with Crippen LogP contribution in [0.15, 0.2) is 115 Å². The van der Waals surface area contributed by atoms with Gasteiger partial charge in [0.15, 0.2) is 0 Å². The monoisotopic (exact) mass is 910 g/mol. The standard InChI is InChI=1S/C47H34N4OS.Pt/c1-46(2,3)27-21-23-48-41(24-27)50-37-25-28(15-17-30(37)32-18-20-40-42(44(32)50)34-10-6-7-14-39(34)53-40)52-29-16-19-35-38(26-29)51-43-31(33-12-9-22-49-45(33)51)11-8-13-36(43)47(35,4)5;/h6-24H,1-5H3;/q-2;+2/i6D,7D,8D,10D,11D,13D,14D,15D,16D,17D,18D,19D,20D;. The van der Waals surface area contributed by atoms with Gasteiger partial charge in [0, 0.05) is 57.6 Å². The summed E-state index contributed by atoms with van der Waals surface area (Å²) >= 11 is 0.976. The van der Waals surface area contributed by atoms with E-state index in [-0.39, 0.29) is 134 Å². The first-order chi connectivity index (χ1) is 31.1. The molecule has 264 valence electrons. The van der Waals surface area contributed by atoms with Crippen LogP contribution in [-0.4, -0.2) is 19.1 Å². The van der Waals surface area contributed by atoms with Crippen molar-refractivity contribution in [1.29, 1.82) is 0 Å². The first-order valence-electron chi connectivity index (χ1n) is 23.5. The minimum Gasteiger partial charge on any atom is -0.509 e. The molecule has 0 amide bonds. The molecule has 0 aliphatic carbocycles. The van der Waals surface area contributed by atoms with Crippen molar-refractivity contribution in [3.8, 4) is 23.0 Å². The number of rotatable bonds is 3. The molecular formula is C47H34N4OPtS. The van der Waals surface area contributed by atoms with E-state index >= 15 is 0 Å². The summed E-state index contributed by atoms with van der Waals surface area (Å²) in [4.78, 5) is 9.38. The Labute approximate surface area is 349 Å². The first kappa shape index (κ1) is 22.2. The molecule has 0 bridgehead atoms. The molecule has 0 radical (unpaired) electrons. The van der Waals surface area contributed by atoms with Gasteiger partial charge < -0.3 is 13.9 Å². The van der Waals surface area contributed by atoms with E-state index < -0.39 is 35.6 Å². The third kappa shape index (κ3) is 4.60. The van der Waals surface area contributed by atoms with Crippen LogP contribution >= 0.6 is 11.3 Å². The van der Waals surface area contributed by atoms with E-state index in [4.69, 9.17) is 19.3 Å². The Bertz CT molecular complexity index is 3930. The van der Waals surface area contributed by atoms with Crippen molar-refractivity contribution in [2.24, 2.45) is 0 Å². The van der Waals surface area contributed by atoms with Crippen LogP contribution in [0.5, 0.6) is 11.5 Å². The Morgan fingerprint density at radius 1 is 0.722 bits per heavy atom. The number of benzene rings is 5. The number of aromatic nitrogens is 4. The molecule has 7 heteroatoms. The van der Waals surface area contributed by atoms with Gasteiger partial charge in [-0.2, -0.15) is 12.1 Å². The maximum absolute atomic E-state index is 9.58. The molecule has 0 unspecified atom stereocenters. The van der Waals surface area contributed by atoms with Crippen LogP contribution in [0.4, 0.5) is 0 Å². The Balaban J connectivity index is 0.00000525. The fourth-order valence-corrected chi connectivity index (χ4v) is 8.58. The van der Waals surface area contributed by atoms with Crippen LogP contribution < -0.4 is 4.74 Å². The second-order valence-corrected chi connectivity index (χ2v) is 15.8. The molecule has 11 rings (SSSR count). The maximum Gasteiger partial charge on any atom is 2.00 e. The number of hydrogen-bond donors (Lipinski definition) is 0. The number of thiophene rings is 1. The van der Waals surface area contributed by atoms with Gasteiger partial charge in [-0.3, -0.25) is 0 Å². The van der Waals surface area contributed by atoms with Gasteiger partial charge in [0.1, 0.15) is 11.5 Å². The summed E-state index contributed by atoms with van der Waals surface area (Å²) in [5, 5.41) is 1.45. The van der Waals surface area contributed by atoms with Crippen LogP contribution in [0.3, 0.4) is 0 Å². The first-order valence-corrected chi connectivity index (χ1v) is 17.8. The number of hydrogen-bond acceptors (Lipinski definition) is 4. The summed E-state index contributed by atoms with van der Waals surface area (Å²) in [5.41, 5.74) is 1.45. The molecular weight excluding hydrogens is 864 g/mol. The van der Waals surface area contributed by atoms with Gasteiger partial charge in [0.2, 0.25) is 0 Å². The normalized spacial score (nSPS) is 17.0. The van der Waals surface area contributed by atoms with Crippen LogP contribution in [0, 0.1) is 12.1 Å². The van der Waals surface area contributed by atoms with Gasteiger partial charge in [-0.1, -0.05) is 88.1 Å². The van der Waals surface area contributed by atoms with Crippen LogP contribution in [0.2, 0.25) is 0 Å². The zero-order valence-electron chi connectivity index (χ0n) is 42.4. The summed E-state index contributed by atoms with van der Waals surface area (Å²) < 4.78 is 128. The molecule has 0 atom stereocenters. The molecule has 0 saturated heterocycles. The van der Waals surface area contributed by atoms with Gasteiger partial charge in [-0.25, -0.2) is 9.97 Å². The second-order valence-electron chi connectivity index (χ2n) is 14.7. The molecule has 5 aromatic carbocycles. The summed E-state index contributed by atoms with van der Waals surface area (Å²) in [6.45, 7) is 9.66. The molecule has 0 spiro atoms. The van der Waals surface area contributed by atoms with Gasteiger partial charge in [0.05, 0.1) is 23.4 Å². The van der Waals surface area contributed by atoms with Crippen LogP contribution in [0.25, 0.3) is 75.4 Å². The van der Waals surface area contributed by atoms with Crippen molar-refractivity contribution >= 4 is 75.3 Å². The van der Waals surface area contributed by atoms with E-state index in [2.05, 4.69) is 17.1 Å². The quantitative estimate of drug-likeness (QED) is 0.166. The van der Waals surface area contributed by atoms with E-state index in [0.717, 1.165) is 16.9 Å². The van der Waals surface area contributed by atoms with Crippen LogP contribution in [0.1, 0.15) is 69.1 Å². The minimum absolute atomic E-state index is 0. The molecule has 0 saturated carbocycles. The van der Waals surface area contributed by atoms with Crippen molar-refractivity contribution in [2.75, 3.05) is 0 Å². The van der Waals surface area contributed by atoms with Crippen molar-refractivity contribution in [2.45, 2.75) is 45.4 Å². The van der Waals surface area contributed by atoms with Crippen molar-refractivity contribution in [3.63, 3.8) is 0 Å². The van der Waals surface area contributed by atoms with E-state index in [1.54, 1.807) is 47.5 Å². The maximum atomic E-state index is 9.58. The van der Waals surface area contributed by atoms with Crippen molar-refractivity contribution in [3.05, 3.63) is 144 Å². The van der Waals surface area contributed by atoms with E-state index in [1.807, 2.05) is 32.9 Å². The average Bonchev–Trinajstić information content (AvgIpc) is 3.95.